The molecule has 4 aromatic carbocycles. The predicted octanol–water partition coefficient (Wildman–Crippen LogP) is 12.1. The number of hydrogen-bond acceptors (Lipinski definition) is 3. The summed E-state index contributed by atoms with van der Waals surface area (Å²) in [6.45, 7) is 35.8. The molecule has 0 spiro atoms. The smallest absolute Gasteiger partial charge is 0.325 e. The van der Waals surface area contributed by atoms with Crippen molar-refractivity contribution in [2.24, 2.45) is 0 Å². The van der Waals surface area contributed by atoms with E-state index in [2.05, 4.69) is 124 Å². The fourth-order valence-corrected chi connectivity index (χ4v) is 9.17. The van der Waals surface area contributed by atoms with Crippen LogP contribution in [0.1, 0.15) is 162 Å². The number of carbonyl (C=O) groups is 2. The molecular weight excluding hydrogens is 713 g/mol. The highest BCUT2D eigenvalue weighted by atomic mass is 16.3. The van der Waals surface area contributed by atoms with Crippen LogP contribution in [0.15, 0.2) is 86.0 Å². The number of nitrogens with zero attached hydrogens (tertiary/aromatic N) is 1. The summed E-state index contributed by atoms with van der Waals surface area (Å²) in [7, 11) is 0. The van der Waals surface area contributed by atoms with Gasteiger partial charge in [0.1, 0.15) is 5.54 Å². The first kappa shape index (κ1) is 42.9. The van der Waals surface area contributed by atoms with Gasteiger partial charge in [0.15, 0.2) is 0 Å². The topological polar surface area (TPSA) is 69.6 Å². The molecule has 0 bridgehead atoms. The number of aliphatic hydroxyl groups is 1. The zero-order valence-corrected chi connectivity index (χ0v) is 37.3. The van der Waals surface area contributed by atoms with E-state index in [0.717, 1.165) is 33.4 Å². The fraction of sp³-hybridized carbons (Fsp3) is 0.434. The minimum Gasteiger partial charge on any atom is -0.392 e. The number of aliphatic hydroxyl groups excluding tert-OH is 1. The monoisotopic (exact) mass is 779 g/mol. The van der Waals surface area contributed by atoms with Crippen molar-refractivity contribution >= 4 is 23.1 Å². The average molecular weight is 779 g/mol. The van der Waals surface area contributed by atoms with Crippen LogP contribution in [-0.2, 0) is 39.6 Å². The van der Waals surface area contributed by atoms with Crippen molar-refractivity contribution in [3.63, 3.8) is 0 Å². The zero-order valence-electron chi connectivity index (χ0n) is 37.3. The second-order valence-corrected chi connectivity index (χ2v) is 20.4. The van der Waals surface area contributed by atoms with E-state index in [-0.39, 0.29) is 46.7 Å². The van der Waals surface area contributed by atoms with E-state index in [9.17, 15) is 14.7 Å². The van der Waals surface area contributed by atoms with Crippen molar-refractivity contribution < 1.29 is 14.7 Å². The highest BCUT2D eigenvalue weighted by molar-refractivity contribution is 6.06. The SMILES string of the molecule is C=C(c1ccc(CN2C(=O)NC(C)(C)C2=O)cc1)c1cc2c(cc1C)C(C)(C)CCC2(C)C.C=C(c1ccc(CO)cc1)c1cc2c(cc1C)C(C)(C)CCC2(C)C. The number of fused-ring (bicyclic) bond motifs is 2. The number of rotatable bonds is 7. The van der Waals surface area contributed by atoms with Gasteiger partial charge in [-0.3, -0.25) is 9.69 Å². The van der Waals surface area contributed by atoms with Crippen molar-refractivity contribution in [1.82, 2.24) is 10.2 Å². The number of nitrogens with one attached hydrogen (secondary N) is 1. The average Bonchev–Trinajstić information content (AvgIpc) is 3.36. The first-order valence-electron chi connectivity index (χ1n) is 21.0. The largest absolute Gasteiger partial charge is 0.392 e. The maximum Gasteiger partial charge on any atom is 0.325 e. The number of aryl methyl sites for hydroxylation is 2. The molecule has 0 unspecified atom stereocenters. The number of benzene rings is 4. The van der Waals surface area contributed by atoms with Crippen LogP contribution >= 0.6 is 0 Å². The van der Waals surface area contributed by atoms with E-state index in [0.29, 0.717) is 0 Å². The molecule has 5 heteroatoms. The molecule has 306 valence electrons. The van der Waals surface area contributed by atoms with Crippen LogP contribution in [0.2, 0.25) is 0 Å². The Morgan fingerprint density at radius 3 is 1.26 bits per heavy atom. The Labute approximate surface area is 348 Å². The van der Waals surface area contributed by atoms with Crippen molar-refractivity contribution in [1.29, 1.82) is 0 Å². The summed E-state index contributed by atoms with van der Waals surface area (Å²) in [5.74, 6) is -0.198. The van der Waals surface area contributed by atoms with Gasteiger partial charge >= 0.3 is 6.03 Å². The van der Waals surface area contributed by atoms with Crippen molar-refractivity contribution in [3.8, 4) is 0 Å². The number of imide groups is 1. The molecule has 1 fully saturated rings. The number of carbonyl (C=O) groups excluding carboxylic acids is 2. The van der Waals surface area contributed by atoms with Crippen LogP contribution < -0.4 is 5.32 Å². The van der Waals surface area contributed by atoms with Gasteiger partial charge in [-0.15, -0.1) is 0 Å². The molecule has 0 aromatic heterocycles. The van der Waals surface area contributed by atoms with Gasteiger partial charge in [-0.05, 0) is 153 Å². The van der Waals surface area contributed by atoms with E-state index in [4.69, 9.17) is 0 Å². The number of hydrogen-bond donors (Lipinski definition) is 2. The highest BCUT2D eigenvalue weighted by Gasteiger charge is 2.44. The van der Waals surface area contributed by atoms with E-state index in [1.165, 1.54) is 75.1 Å². The summed E-state index contributed by atoms with van der Waals surface area (Å²) >= 11 is 0. The molecule has 1 saturated heterocycles. The maximum atomic E-state index is 12.5. The Hall–Kier alpha value is -4.74. The molecule has 2 N–H and O–H groups in total. The Morgan fingerprint density at radius 2 is 0.931 bits per heavy atom. The second-order valence-electron chi connectivity index (χ2n) is 20.4. The van der Waals surface area contributed by atoms with Crippen molar-refractivity contribution in [2.45, 2.75) is 149 Å². The Bertz CT molecular complexity index is 2280. The van der Waals surface area contributed by atoms with Gasteiger partial charge in [-0.2, -0.15) is 0 Å². The lowest BCUT2D eigenvalue weighted by atomic mass is 9.62. The van der Waals surface area contributed by atoms with Gasteiger partial charge in [-0.1, -0.05) is 141 Å². The molecule has 2 aliphatic carbocycles. The van der Waals surface area contributed by atoms with Crippen LogP contribution in [0, 0.1) is 13.8 Å². The van der Waals surface area contributed by atoms with Gasteiger partial charge < -0.3 is 10.4 Å². The van der Waals surface area contributed by atoms with Crippen LogP contribution in [0.5, 0.6) is 0 Å². The second kappa shape index (κ2) is 15.1. The minimum absolute atomic E-state index is 0.0773. The fourth-order valence-electron chi connectivity index (χ4n) is 9.17. The summed E-state index contributed by atoms with van der Waals surface area (Å²) in [5.41, 5.74) is 16.8. The molecule has 0 saturated carbocycles. The van der Waals surface area contributed by atoms with E-state index >= 15 is 0 Å². The minimum atomic E-state index is -0.850. The first-order valence-corrected chi connectivity index (χ1v) is 21.0. The van der Waals surface area contributed by atoms with Crippen LogP contribution in [-0.4, -0.2) is 27.5 Å². The molecule has 1 aliphatic heterocycles. The summed E-state index contributed by atoms with van der Waals surface area (Å²) in [4.78, 5) is 26.0. The third-order valence-corrected chi connectivity index (χ3v) is 13.6. The van der Waals surface area contributed by atoms with Crippen LogP contribution in [0.3, 0.4) is 0 Å². The molecule has 1 heterocycles. The lowest BCUT2D eigenvalue weighted by Crippen LogP contribution is -2.40. The Balaban J connectivity index is 0.000000203. The molecular formula is C53H66N2O3. The molecule has 0 radical (unpaired) electrons. The van der Waals surface area contributed by atoms with E-state index in [1.54, 1.807) is 13.8 Å². The predicted molar refractivity (Wildman–Crippen MR) is 241 cm³/mol. The first-order chi connectivity index (χ1) is 26.9. The van der Waals surface area contributed by atoms with Gasteiger partial charge in [0.2, 0.25) is 0 Å². The summed E-state index contributed by atoms with van der Waals surface area (Å²) in [5, 5.41) is 12.0. The number of amides is 3. The van der Waals surface area contributed by atoms with E-state index in [1.807, 2.05) is 36.4 Å². The van der Waals surface area contributed by atoms with Gasteiger partial charge in [0, 0.05) is 0 Å². The molecule has 7 rings (SSSR count). The highest BCUT2D eigenvalue weighted by Crippen LogP contribution is 2.49. The quantitative estimate of drug-likeness (QED) is 0.184. The Morgan fingerprint density at radius 1 is 0.586 bits per heavy atom. The summed E-state index contributed by atoms with van der Waals surface area (Å²) in [6.07, 6.45) is 4.82. The van der Waals surface area contributed by atoms with Gasteiger partial charge in [0.25, 0.3) is 5.91 Å². The van der Waals surface area contributed by atoms with Crippen molar-refractivity contribution in [2.75, 3.05) is 0 Å². The molecule has 58 heavy (non-hydrogen) atoms. The summed E-state index contributed by atoms with van der Waals surface area (Å²) in [6, 6.07) is 25.2. The van der Waals surface area contributed by atoms with Gasteiger partial charge in [0.05, 0.1) is 13.2 Å². The van der Waals surface area contributed by atoms with Crippen LogP contribution in [0.25, 0.3) is 11.1 Å². The number of urea groups is 1. The third kappa shape index (κ3) is 8.12. The summed E-state index contributed by atoms with van der Waals surface area (Å²) < 4.78 is 0. The van der Waals surface area contributed by atoms with E-state index < -0.39 is 5.54 Å². The molecule has 4 aromatic rings. The van der Waals surface area contributed by atoms with Crippen LogP contribution in [0.4, 0.5) is 4.79 Å². The van der Waals surface area contributed by atoms with Crippen molar-refractivity contribution in [3.05, 3.63) is 153 Å². The zero-order chi connectivity index (χ0) is 42.7. The molecule has 3 aliphatic rings. The lowest BCUT2D eigenvalue weighted by molar-refractivity contribution is -0.130. The Kier molecular flexibility index (Phi) is 11.2. The molecule has 0 atom stereocenters. The van der Waals surface area contributed by atoms with Gasteiger partial charge in [-0.25, -0.2) is 4.79 Å². The normalized spacial score (nSPS) is 19.3. The molecule has 3 amide bonds. The molecule has 5 nitrogen and oxygen atoms in total. The third-order valence-electron chi connectivity index (χ3n) is 13.6. The standard InChI is InChI=1S/C29H36N2O2.C24H30O/c1-18-15-23-24(28(5,6)14-13-27(23,3)4)16-22(18)19(2)21-11-9-20(10-12-21)17-31-25(32)29(7,8)30-26(31)33;1-16-13-21-22(24(5,6)12-11-23(21,3)4)14-20(16)17(2)19-9-7-18(15-25)8-10-19/h9-12,15-16H,2,13-14,17H2,1,3-8H3,(H,30,33);7-10,13-14,25H,2,11-12,15H2,1,3-6H3. The maximum absolute atomic E-state index is 12.5. The lowest BCUT2D eigenvalue weighted by Gasteiger charge is -2.42.